The first-order valence-corrected chi connectivity index (χ1v) is 10.1. The Morgan fingerprint density at radius 3 is 2.72 bits per heavy atom. The molecule has 0 aliphatic carbocycles. The van der Waals surface area contributed by atoms with Crippen LogP contribution >= 0.6 is 35.0 Å². The summed E-state index contributed by atoms with van der Waals surface area (Å²) in [6.45, 7) is 3.90. The summed E-state index contributed by atoms with van der Waals surface area (Å²) < 4.78 is 0. The molecule has 0 unspecified atom stereocenters. The van der Waals surface area contributed by atoms with Gasteiger partial charge in [0.25, 0.3) is 5.91 Å². The van der Waals surface area contributed by atoms with Gasteiger partial charge in [-0.15, -0.1) is 11.8 Å². The van der Waals surface area contributed by atoms with Crippen LogP contribution in [0.4, 0.5) is 0 Å². The number of hydrogen-bond donors (Lipinski definition) is 0. The summed E-state index contributed by atoms with van der Waals surface area (Å²) in [6, 6.07) is 7.41. The first kappa shape index (κ1) is 18.6. The van der Waals surface area contributed by atoms with Gasteiger partial charge in [0, 0.05) is 41.2 Å². The Kier molecular flexibility index (Phi) is 6.26. The first-order chi connectivity index (χ1) is 12.0. The van der Waals surface area contributed by atoms with Gasteiger partial charge in [-0.25, -0.2) is 0 Å². The molecule has 0 N–H and O–H groups in total. The molecule has 1 aromatic heterocycles. The summed E-state index contributed by atoms with van der Waals surface area (Å²) in [7, 11) is 0. The molecule has 0 bridgehead atoms. The molecule has 1 aromatic carbocycles. The molecule has 0 radical (unpaired) electrons. The lowest BCUT2D eigenvalue weighted by Crippen LogP contribution is -2.37. The lowest BCUT2D eigenvalue weighted by Gasteiger charge is -2.30. The van der Waals surface area contributed by atoms with E-state index in [0.717, 1.165) is 36.4 Å². The fourth-order valence-electron chi connectivity index (χ4n) is 2.83. The number of amides is 1. The molecule has 1 amide bonds. The van der Waals surface area contributed by atoms with Crippen LogP contribution in [0.3, 0.4) is 0 Å². The monoisotopic (exact) mass is 394 g/mol. The highest BCUT2D eigenvalue weighted by atomic mass is 35.5. The lowest BCUT2D eigenvalue weighted by molar-refractivity contribution is 0.0696. The minimum atomic E-state index is 0.0794. The number of rotatable bonds is 4. The number of piperidine rings is 1. The molecule has 0 saturated carbocycles. The summed E-state index contributed by atoms with van der Waals surface area (Å²) in [4.78, 5) is 19.8. The van der Waals surface area contributed by atoms with Crippen molar-refractivity contribution in [1.29, 1.82) is 0 Å². The molecular formula is C19H20Cl2N2OS. The maximum absolute atomic E-state index is 12.7. The van der Waals surface area contributed by atoms with Gasteiger partial charge >= 0.3 is 0 Å². The van der Waals surface area contributed by atoms with Crippen LogP contribution in [0.15, 0.2) is 41.6 Å². The maximum Gasteiger partial charge on any atom is 0.255 e. The fraction of sp³-hybridized carbons (Fsp3) is 0.368. The Bertz CT molecular complexity index is 761. The zero-order valence-electron chi connectivity index (χ0n) is 14.0. The van der Waals surface area contributed by atoms with Crippen molar-refractivity contribution in [2.24, 2.45) is 5.92 Å². The van der Waals surface area contributed by atoms with E-state index in [-0.39, 0.29) is 5.91 Å². The fourth-order valence-corrected chi connectivity index (χ4v) is 4.24. The second kappa shape index (κ2) is 8.43. The summed E-state index contributed by atoms with van der Waals surface area (Å²) in [6.07, 6.45) is 5.60. The normalized spacial score (nSPS) is 15.4. The summed E-state index contributed by atoms with van der Waals surface area (Å²) in [5, 5.41) is 1.26. The summed E-state index contributed by atoms with van der Waals surface area (Å²) in [5.41, 5.74) is 1.67. The molecule has 0 spiro atoms. The van der Waals surface area contributed by atoms with Crippen molar-refractivity contribution >= 4 is 40.9 Å². The van der Waals surface area contributed by atoms with Gasteiger partial charge < -0.3 is 4.90 Å². The molecule has 6 heteroatoms. The molecule has 1 saturated heterocycles. The van der Waals surface area contributed by atoms with Crippen LogP contribution in [0.2, 0.25) is 10.0 Å². The topological polar surface area (TPSA) is 33.2 Å². The van der Waals surface area contributed by atoms with Crippen LogP contribution in [0.25, 0.3) is 0 Å². The van der Waals surface area contributed by atoms with Crippen molar-refractivity contribution in [2.75, 3.05) is 13.1 Å². The number of halogens is 2. The number of carbonyl (C=O) groups excluding carboxylic acids is 1. The molecule has 132 valence electrons. The molecule has 3 rings (SSSR count). The Balaban J connectivity index is 1.66. The van der Waals surface area contributed by atoms with E-state index in [9.17, 15) is 4.79 Å². The van der Waals surface area contributed by atoms with E-state index in [1.165, 1.54) is 0 Å². The predicted molar refractivity (Wildman–Crippen MR) is 105 cm³/mol. The summed E-state index contributed by atoms with van der Waals surface area (Å²) in [5.74, 6) is 1.48. The molecule has 0 atom stereocenters. The minimum Gasteiger partial charge on any atom is -0.339 e. The molecule has 1 aliphatic heterocycles. The van der Waals surface area contributed by atoms with Crippen molar-refractivity contribution in [1.82, 2.24) is 9.88 Å². The van der Waals surface area contributed by atoms with Gasteiger partial charge in [-0.1, -0.05) is 30.1 Å². The van der Waals surface area contributed by atoms with E-state index in [1.807, 2.05) is 23.1 Å². The highest BCUT2D eigenvalue weighted by Crippen LogP contribution is 2.31. The second-order valence-electron chi connectivity index (χ2n) is 6.42. The maximum atomic E-state index is 12.7. The van der Waals surface area contributed by atoms with Gasteiger partial charge in [-0.2, -0.15) is 0 Å². The van der Waals surface area contributed by atoms with Crippen LogP contribution in [0, 0.1) is 5.92 Å². The largest absolute Gasteiger partial charge is 0.339 e. The Hall–Kier alpha value is -1.23. The number of thioether (sulfide) groups is 1. The first-order valence-electron chi connectivity index (χ1n) is 8.34. The molecule has 3 nitrogen and oxygen atoms in total. The number of carbonyl (C=O) groups is 1. The smallest absolute Gasteiger partial charge is 0.255 e. The van der Waals surface area contributed by atoms with Crippen LogP contribution in [-0.4, -0.2) is 28.9 Å². The van der Waals surface area contributed by atoms with Gasteiger partial charge in [0.15, 0.2) is 0 Å². The number of benzene rings is 1. The molecule has 25 heavy (non-hydrogen) atoms. The average molecular weight is 395 g/mol. The van der Waals surface area contributed by atoms with Crippen molar-refractivity contribution < 1.29 is 4.79 Å². The van der Waals surface area contributed by atoms with E-state index in [0.29, 0.717) is 27.3 Å². The predicted octanol–water partition coefficient (Wildman–Crippen LogP) is 5.55. The lowest BCUT2D eigenvalue weighted by atomic mass is 9.99. The highest BCUT2D eigenvalue weighted by Gasteiger charge is 2.21. The van der Waals surface area contributed by atoms with Crippen LogP contribution < -0.4 is 0 Å². The Labute approximate surface area is 162 Å². The van der Waals surface area contributed by atoms with Crippen molar-refractivity contribution in [3.8, 4) is 0 Å². The van der Waals surface area contributed by atoms with Gasteiger partial charge in [0.05, 0.1) is 10.6 Å². The Morgan fingerprint density at radius 1 is 1.24 bits per heavy atom. The second-order valence-corrected chi connectivity index (χ2v) is 8.28. The van der Waals surface area contributed by atoms with Crippen LogP contribution in [-0.2, 0) is 5.75 Å². The van der Waals surface area contributed by atoms with Gasteiger partial charge in [-0.05, 0) is 48.6 Å². The van der Waals surface area contributed by atoms with E-state index in [1.54, 1.807) is 30.2 Å². The van der Waals surface area contributed by atoms with E-state index in [2.05, 4.69) is 11.9 Å². The summed E-state index contributed by atoms with van der Waals surface area (Å²) >= 11 is 13.7. The SMILES string of the molecule is CC1CCN(C(=O)c2cncc(CSc3ccc(Cl)cc3Cl)c2)CC1. The van der Waals surface area contributed by atoms with Gasteiger partial charge in [-0.3, -0.25) is 9.78 Å². The zero-order chi connectivity index (χ0) is 17.8. The number of hydrogen-bond acceptors (Lipinski definition) is 3. The highest BCUT2D eigenvalue weighted by molar-refractivity contribution is 7.98. The van der Waals surface area contributed by atoms with Crippen LogP contribution in [0.1, 0.15) is 35.7 Å². The Morgan fingerprint density at radius 2 is 2.00 bits per heavy atom. The number of likely N-dealkylation sites (tertiary alicyclic amines) is 1. The molecular weight excluding hydrogens is 375 g/mol. The minimum absolute atomic E-state index is 0.0794. The number of nitrogens with zero attached hydrogens (tertiary/aromatic N) is 2. The quantitative estimate of drug-likeness (QED) is 0.636. The number of aromatic nitrogens is 1. The molecule has 2 aromatic rings. The van der Waals surface area contributed by atoms with Crippen molar-refractivity contribution in [3.63, 3.8) is 0 Å². The third-order valence-electron chi connectivity index (χ3n) is 4.40. The average Bonchev–Trinajstić information content (AvgIpc) is 2.61. The zero-order valence-corrected chi connectivity index (χ0v) is 16.4. The third-order valence-corrected chi connectivity index (χ3v) is 6.21. The molecule has 1 aliphatic rings. The van der Waals surface area contributed by atoms with Crippen LogP contribution in [0.5, 0.6) is 0 Å². The molecule has 2 heterocycles. The van der Waals surface area contributed by atoms with E-state index < -0.39 is 0 Å². The number of pyridine rings is 1. The third kappa shape index (κ3) is 4.90. The van der Waals surface area contributed by atoms with Crippen molar-refractivity contribution in [3.05, 3.63) is 57.8 Å². The van der Waals surface area contributed by atoms with Crippen molar-refractivity contribution in [2.45, 2.75) is 30.4 Å². The standard InChI is InChI=1S/C19H20Cl2N2OS/c1-13-4-6-23(7-5-13)19(24)15-8-14(10-22-11-15)12-25-18-3-2-16(20)9-17(18)21/h2-3,8-11,13H,4-7,12H2,1H3. The van der Waals surface area contributed by atoms with E-state index in [4.69, 9.17) is 23.2 Å². The van der Waals surface area contributed by atoms with Gasteiger partial charge in [0.2, 0.25) is 0 Å². The molecule has 1 fully saturated rings. The van der Waals surface area contributed by atoms with Gasteiger partial charge in [0.1, 0.15) is 0 Å². The van der Waals surface area contributed by atoms with E-state index >= 15 is 0 Å².